The van der Waals surface area contributed by atoms with Gasteiger partial charge in [-0.1, -0.05) is 0 Å². The molecule has 0 bridgehead atoms. The van der Waals surface area contributed by atoms with Gasteiger partial charge in [0, 0.05) is 44.1 Å². The van der Waals surface area contributed by atoms with Crippen LogP contribution in [0.5, 0.6) is 0 Å². The predicted molar refractivity (Wildman–Crippen MR) is 102 cm³/mol. The van der Waals surface area contributed by atoms with Crippen LogP contribution in [-0.4, -0.2) is 68.3 Å². The summed E-state index contributed by atoms with van der Waals surface area (Å²) in [5.74, 6) is -0.183. The van der Waals surface area contributed by atoms with Crippen molar-refractivity contribution in [3.63, 3.8) is 0 Å². The highest BCUT2D eigenvalue weighted by Gasteiger charge is 2.41. The van der Waals surface area contributed by atoms with Crippen molar-refractivity contribution in [2.24, 2.45) is 0 Å². The van der Waals surface area contributed by atoms with Crippen LogP contribution in [0.15, 0.2) is 24.3 Å². The topological polar surface area (TPSA) is 75.7 Å². The molecule has 2 heterocycles. The van der Waals surface area contributed by atoms with Crippen molar-refractivity contribution >= 4 is 23.2 Å². The first-order valence-electron chi connectivity index (χ1n) is 9.78. The van der Waals surface area contributed by atoms with Crippen molar-refractivity contribution in [3.05, 3.63) is 24.3 Å². The van der Waals surface area contributed by atoms with Crippen molar-refractivity contribution in [1.29, 1.82) is 0 Å². The summed E-state index contributed by atoms with van der Waals surface area (Å²) in [6.07, 6.45) is 1.10. The second-order valence-corrected chi connectivity index (χ2v) is 7.32. The lowest BCUT2D eigenvalue weighted by Crippen LogP contribution is -2.86. The minimum absolute atomic E-state index is 0.0873. The van der Waals surface area contributed by atoms with Crippen LogP contribution in [0, 0.1) is 0 Å². The number of nitrogens with two attached hydrogens (primary N) is 1. The summed E-state index contributed by atoms with van der Waals surface area (Å²) in [4.78, 5) is 28.4. The Morgan fingerprint density at radius 2 is 1.89 bits per heavy atom. The molecule has 2 amide bonds. The number of carbonyl (C=O) groups is 2. The Hall–Kier alpha value is -1.96. The van der Waals surface area contributed by atoms with E-state index in [1.165, 1.54) is 4.90 Å². The van der Waals surface area contributed by atoms with Gasteiger partial charge in [0.15, 0.2) is 6.04 Å². The number of hydrogen-bond acceptors (Lipinski definition) is 5. The highest BCUT2D eigenvalue weighted by atomic mass is 16.5. The molecule has 0 aromatic heterocycles. The van der Waals surface area contributed by atoms with Crippen LogP contribution >= 0.6 is 0 Å². The van der Waals surface area contributed by atoms with E-state index in [-0.39, 0.29) is 30.4 Å². The molecule has 0 radical (unpaired) electrons. The number of hydrogen-bond donors (Lipinski definition) is 1. The predicted octanol–water partition coefficient (Wildman–Crippen LogP) is 0.661. The highest BCUT2D eigenvalue weighted by Crippen LogP contribution is 2.18. The first-order chi connectivity index (χ1) is 13.0. The summed E-state index contributed by atoms with van der Waals surface area (Å²) in [5, 5.41) is 1.91. The van der Waals surface area contributed by atoms with Gasteiger partial charge in [-0.2, -0.15) is 0 Å². The number of nitrogens with zero attached hydrogens (tertiary/aromatic N) is 2. The lowest BCUT2D eigenvalue weighted by atomic mass is 10.2. The number of imide groups is 1. The summed E-state index contributed by atoms with van der Waals surface area (Å²) in [7, 11) is 0. The van der Waals surface area contributed by atoms with Crippen molar-refractivity contribution in [2.45, 2.75) is 38.8 Å². The first-order valence-corrected chi connectivity index (χ1v) is 9.78. The summed E-state index contributed by atoms with van der Waals surface area (Å²) < 4.78 is 10.9. The number of anilines is 1. The largest absolute Gasteiger partial charge is 0.379 e. The van der Waals surface area contributed by atoms with Gasteiger partial charge in [-0.15, -0.1) is 0 Å². The van der Waals surface area contributed by atoms with E-state index in [4.69, 9.17) is 9.47 Å². The SMILES string of the molecule is CC(C)OCCCN1C(=O)CC([NH2+]c2ccc(N3CCOCC3)cc2)C1=O. The van der Waals surface area contributed by atoms with E-state index in [1.54, 1.807) is 0 Å². The molecule has 2 aliphatic heterocycles. The van der Waals surface area contributed by atoms with Gasteiger partial charge in [0.2, 0.25) is 5.91 Å². The summed E-state index contributed by atoms with van der Waals surface area (Å²) in [6.45, 7) is 8.25. The third-order valence-electron chi connectivity index (χ3n) is 4.92. The first kappa shape index (κ1) is 19.8. The molecule has 0 saturated carbocycles. The van der Waals surface area contributed by atoms with Crippen LogP contribution in [-0.2, 0) is 19.1 Å². The number of ether oxygens (including phenoxy) is 2. The van der Waals surface area contributed by atoms with Crippen LogP contribution in [0.3, 0.4) is 0 Å². The molecular weight excluding hydrogens is 346 g/mol. The van der Waals surface area contributed by atoms with Gasteiger partial charge in [-0.05, 0) is 32.4 Å². The standard InChI is InChI=1S/C20H29N3O4/c1-15(2)27-11-3-8-23-19(24)14-18(20(23)25)21-16-4-6-17(7-5-16)22-9-12-26-13-10-22/h4-7,15,18,21H,3,8-14H2,1-2H3/p+1. The van der Waals surface area contributed by atoms with Gasteiger partial charge in [0.05, 0.1) is 25.7 Å². The number of carbonyl (C=O) groups excluding carboxylic acids is 2. The van der Waals surface area contributed by atoms with E-state index < -0.39 is 0 Å². The number of quaternary nitrogens is 1. The molecule has 2 saturated heterocycles. The maximum atomic E-state index is 12.6. The molecule has 1 atom stereocenters. The average molecular weight is 376 g/mol. The van der Waals surface area contributed by atoms with Gasteiger partial charge >= 0.3 is 0 Å². The van der Waals surface area contributed by atoms with Crippen molar-refractivity contribution in [2.75, 3.05) is 44.4 Å². The Morgan fingerprint density at radius 3 is 2.56 bits per heavy atom. The van der Waals surface area contributed by atoms with Crippen molar-refractivity contribution in [3.8, 4) is 0 Å². The third-order valence-corrected chi connectivity index (χ3v) is 4.92. The fourth-order valence-corrected chi connectivity index (χ4v) is 3.47. The van der Waals surface area contributed by atoms with Crippen LogP contribution in [0.2, 0.25) is 0 Å². The Balaban J connectivity index is 1.51. The van der Waals surface area contributed by atoms with Crippen LogP contribution in [0.1, 0.15) is 26.7 Å². The molecule has 27 heavy (non-hydrogen) atoms. The van der Waals surface area contributed by atoms with Gasteiger partial charge < -0.3 is 19.7 Å². The van der Waals surface area contributed by atoms with Crippen LogP contribution in [0.4, 0.5) is 11.4 Å². The van der Waals surface area contributed by atoms with Gasteiger partial charge in [0.25, 0.3) is 5.91 Å². The maximum absolute atomic E-state index is 12.6. The summed E-state index contributed by atoms with van der Waals surface area (Å²) >= 11 is 0. The Bertz CT molecular complexity index is 641. The lowest BCUT2D eigenvalue weighted by molar-refractivity contribution is -0.594. The molecular formula is C20H30N3O4+. The molecule has 1 unspecified atom stereocenters. The fourth-order valence-electron chi connectivity index (χ4n) is 3.47. The number of rotatable bonds is 8. The number of amides is 2. The highest BCUT2D eigenvalue weighted by molar-refractivity contribution is 6.04. The fraction of sp³-hybridized carbons (Fsp3) is 0.600. The zero-order valence-electron chi connectivity index (χ0n) is 16.2. The molecule has 7 nitrogen and oxygen atoms in total. The van der Waals surface area contributed by atoms with E-state index in [0.717, 1.165) is 37.7 Å². The number of morpholine rings is 1. The zero-order chi connectivity index (χ0) is 19.2. The van der Waals surface area contributed by atoms with E-state index in [2.05, 4.69) is 17.0 Å². The molecule has 1 aromatic rings. The average Bonchev–Trinajstić information content (AvgIpc) is 2.93. The monoisotopic (exact) mass is 376 g/mol. The molecule has 7 heteroatoms. The van der Waals surface area contributed by atoms with Crippen LogP contribution in [0.25, 0.3) is 0 Å². The maximum Gasteiger partial charge on any atom is 0.288 e. The molecule has 0 aliphatic carbocycles. The molecule has 148 valence electrons. The minimum Gasteiger partial charge on any atom is -0.379 e. The van der Waals surface area contributed by atoms with E-state index in [1.807, 2.05) is 31.3 Å². The van der Waals surface area contributed by atoms with Crippen LogP contribution < -0.4 is 10.2 Å². The zero-order valence-corrected chi connectivity index (χ0v) is 16.2. The summed E-state index contributed by atoms with van der Waals surface area (Å²) in [6, 6.07) is 7.81. The Morgan fingerprint density at radius 1 is 1.19 bits per heavy atom. The molecule has 2 fully saturated rings. The minimum atomic E-state index is -0.363. The second kappa shape index (κ2) is 9.30. The summed E-state index contributed by atoms with van der Waals surface area (Å²) in [5.41, 5.74) is 2.14. The van der Waals surface area contributed by atoms with Gasteiger partial charge in [0.1, 0.15) is 5.69 Å². The van der Waals surface area contributed by atoms with E-state index in [0.29, 0.717) is 19.6 Å². The number of likely N-dealkylation sites (tertiary alicyclic amines) is 1. The normalized spacial score (nSPS) is 20.8. The number of benzene rings is 1. The van der Waals surface area contributed by atoms with Crippen molar-refractivity contribution in [1.82, 2.24) is 4.90 Å². The smallest absolute Gasteiger partial charge is 0.288 e. The molecule has 2 aliphatic rings. The lowest BCUT2D eigenvalue weighted by Gasteiger charge is -2.28. The Labute approximate surface area is 160 Å². The van der Waals surface area contributed by atoms with E-state index >= 15 is 0 Å². The van der Waals surface area contributed by atoms with Gasteiger partial charge in [-0.25, -0.2) is 0 Å². The van der Waals surface area contributed by atoms with Crippen molar-refractivity contribution < 1.29 is 24.4 Å². The Kier molecular flexibility index (Phi) is 6.82. The van der Waals surface area contributed by atoms with E-state index in [9.17, 15) is 9.59 Å². The molecule has 2 N–H and O–H groups in total. The second-order valence-electron chi connectivity index (χ2n) is 7.32. The molecule has 3 rings (SSSR count). The quantitative estimate of drug-likeness (QED) is 0.410. The van der Waals surface area contributed by atoms with Gasteiger partial charge in [-0.3, -0.25) is 14.5 Å². The third kappa shape index (κ3) is 5.28. The molecule has 0 spiro atoms. The molecule has 1 aromatic carbocycles.